The Morgan fingerprint density at radius 1 is 0.917 bits per heavy atom. The molecular weight excluding hydrogens is 670 g/mol. The van der Waals surface area contributed by atoms with Gasteiger partial charge in [0.1, 0.15) is 11.2 Å². The van der Waals surface area contributed by atoms with Gasteiger partial charge in [-0.15, -0.1) is 24.8 Å². The van der Waals surface area contributed by atoms with Crippen molar-refractivity contribution < 1.29 is 32.3 Å². The molecule has 1 aromatic heterocycles. The molecule has 2 aromatic carbocycles. The number of carbonyl (C=O) groups excluding carboxylic acids is 3. The molecule has 0 N–H and O–H groups in total. The number of rotatable bonds is 12. The van der Waals surface area contributed by atoms with E-state index in [4.69, 9.17) is 4.74 Å². The summed E-state index contributed by atoms with van der Waals surface area (Å²) in [5.41, 5.74) is 0.491. The minimum atomic E-state index is -4.47. The lowest BCUT2D eigenvalue weighted by molar-refractivity contribution is -0.138. The van der Waals surface area contributed by atoms with Crippen molar-refractivity contribution in [2.75, 3.05) is 56.7 Å². The molecule has 262 valence electrons. The minimum Gasteiger partial charge on any atom is -0.493 e. The van der Waals surface area contributed by atoms with E-state index in [1.54, 1.807) is 63.4 Å². The predicted octanol–water partition coefficient (Wildman–Crippen LogP) is 6.34. The van der Waals surface area contributed by atoms with Crippen LogP contribution in [0.4, 0.5) is 24.5 Å². The minimum absolute atomic E-state index is 0. The number of alkyl halides is 3. The molecule has 0 saturated carbocycles. The molecule has 9 nitrogen and oxygen atoms in total. The molecule has 0 fully saturated rings. The standard InChI is InChI=1S/C34H40F3N5O4.2ClH/c1-6-42-28-13-12-27(22-29(28)40(5)31(44)33(2,3)32(42)45)46-21-7-18-41(23-24-14-16-38-17-15-24)20-19-39(4)30(43)25-8-10-26(11-9-25)34(35,36)37;;/h8-17,22H,6-7,18-21,23H2,1-5H3;2*1H. The summed E-state index contributed by atoms with van der Waals surface area (Å²) in [5.74, 6) is -0.330. The smallest absolute Gasteiger partial charge is 0.416 e. The third-order valence-corrected chi connectivity index (χ3v) is 8.13. The number of fused-ring (bicyclic) bond motifs is 1. The number of halogens is 5. The van der Waals surface area contributed by atoms with Gasteiger partial charge in [0.25, 0.3) is 5.91 Å². The zero-order valence-corrected chi connectivity index (χ0v) is 29.3. The van der Waals surface area contributed by atoms with Crippen LogP contribution in [0.15, 0.2) is 67.0 Å². The van der Waals surface area contributed by atoms with E-state index in [9.17, 15) is 27.6 Å². The number of anilines is 2. The summed E-state index contributed by atoms with van der Waals surface area (Å²) in [4.78, 5) is 50.1. The normalized spacial score (nSPS) is 14.1. The Morgan fingerprint density at radius 2 is 1.56 bits per heavy atom. The maximum absolute atomic E-state index is 13.1. The topological polar surface area (TPSA) is 86.3 Å². The molecule has 1 aliphatic rings. The van der Waals surface area contributed by atoms with Crippen molar-refractivity contribution in [2.24, 2.45) is 5.41 Å². The van der Waals surface area contributed by atoms with Crippen LogP contribution in [0.1, 0.15) is 48.7 Å². The molecule has 0 spiro atoms. The number of aromatic nitrogens is 1. The maximum atomic E-state index is 13.1. The number of carbonyl (C=O) groups is 3. The molecule has 0 radical (unpaired) electrons. The lowest BCUT2D eigenvalue weighted by atomic mass is 9.90. The van der Waals surface area contributed by atoms with Crippen LogP contribution in [-0.4, -0.2) is 79.4 Å². The Hall–Kier alpha value is -3.87. The zero-order valence-electron chi connectivity index (χ0n) is 27.6. The van der Waals surface area contributed by atoms with Gasteiger partial charge in [0.05, 0.1) is 23.5 Å². The predicted molar refractivity (Wildman–Crippen MR) is 184 cm³/mol. The van der Waals surface area contributed by atoms with Crippen LogP contribution in [0.25, 0.3) is 0 Å². The molecule has 0 bridgehead atoms. The quantitative estimate of drug-likeness (QED) is 0.161. The highest BCUT2D eigenvalue weighted by Crippen LogP contribution is 2.40. The Kier molecular flexibility index (Phi) is 14.3. The van der Waals surface area contributed by atoms with E-state index in [1.165, 1.54) is 21.9 Å². The first-order valence-electron chi connectivity index (χ1n) is 15.1. The first kappa shape index (κ1) is 40.3. The van der Waals surface area contributed by atoms with Gasteiger partial charge in [-0.1, -0.05) is 0 Å². The molecular formula is C34H42Cl2F3N5O4. The molecule has 14 heteroatoms. The van der Waals surface area contributed by atoms with Crippen LogP contribution in [0, 0.1) is 5.41 Å². The summed E-state index contributed by atoms with van der Waals surface area (Å²) in [6.07, 6.45) is -0.385. The Morgan fingerprint density at radius 3 is 2.17 bits per heavy atom. The molecule has 0 aliphatic carbocycles. The number of amides is 3. The van der Waals surface area contributed by atoms with Gasteiger partial charge in [-0.25, -0.2) is 0 Å². The second kappa shape index (κ2) is 17.0. The first-order valence-corrected chi connectivity index (χ1v) is 15.1. The Labute approximate surface area is 291 Å². The average Bonchev–Trinajstić information content (AvgIpc) is 3.09. The number of benzene rings is 2. The molecule has 4 rings (SSSR count). The number of pyridine rings is 1. The number of likely N-dealkylation sites (N-methyl/N-ethyl adjacent to an activating group) is 1. The lowest BCUT2D eigenvalue weighted by Gasteiger charge is -2.27. The van der Waals surface area contributed by atoms with Crippen molar-refractivity contribution in [2.45, 2.75) is 39.9 Å². The van der Waals surface area contributed by atoms with Gasteiger partial charge < -0.3 is 19.4 Å². The highest BCUT2D eigenvalue weighted by Gasteiger charge is 2.45. The summed E-state index contributed by atoms with van der Waals surface area (Å²) in [6.45, 7) is 8.08. The Balaban J connectivity index is 0.00000400. The molecule has 3 amide bonds. The average molecular weight is 713 g/mol. The van der Waals surface area contributed by atoms with Crippen molar-refractivity contribution in [3.8, 4) is 5.75 Å². The fourth-order valence-corrected chi connectivity index (χ4v) is 5.38. The van der Waals surface area contributed by atoms with Gasteiger partial charge in [-0.3, -0.25) is 24.3 Å². The van der Waals surface area contributed by atoms with Crippen LogP contribution >= 0.6 is 24.8 Å². The van der Waals surface area contributed by atoms with E-state index in [1.807, 2.05) is 19.1 Å². The van der Waals surface area contributed by atoms with Crippen molar-refractivity contribution in [1.82, 2.24) is 14.8 Å². The van der Waals surface area contributed by atoms with E-state index < -0.39 is 17.2 Å². The number of nitrogens with zero attached hydrogens (tertiary/aromatic N) is 5. The van der Waals surface area contributed by atoms with Gasteiger partial charge in [-0.2, -0.15) is 13.2 Å². The van der Waals surface area contributed by atoms with Crippen LogP contribution in [0.3, 0.4) is 0 Å². The fraction of sp³-hybridized carbons (Fsp3) is 0.412. The third-order valence-electron chi connectivity index (χ3n) is 8.13. The van der Waals surface area contributed by atoms with E-state index in [-0.39, 0.29) is 48.1 Å². The fourth-order valence-electron chi connectivity index (χ4n) is 5.38. The molecule has 3 aromatic rings. The summed E-state index contributed by atoms with van der Waals surface area (Å²) in [6, 6.07) is 13.4. The van der Waals surface area contributed by atoms with E-state index >= 15 is 0 Å². The van der Waals surface area contributed by atoms with E-state index in [2.05, 4.69) is 9.88 Å². The van der Waals surface area contributed by atoms with Gasteiger partial charge >= 0.3 is 6.18 Å². The highest BCUT2D eigenvalue weighted by atomic mass is 35.5. The van der Waals surface area contributed by atoms with Crippen molar-refractivity contribution in [3.05, 3.63) is 83.7 Å². The van der Waals surface area contributed by atoms with Crippen LogP contribution in [-0.2, 0) is 22.3 Å². The van der Waals surface area contributed by atoms with Crippen LogP contribution in [0.2, 0.25) is 0 Å². The molecule has 0 unspecified atom stereocenters. The monoisotopic (exact) mass is 711 g/mol. The van der Waals surface area contributed by atoms with Gasteiger partial charge in [0.15, 0.2) is 0 Å². The summed E-state index contributed by atoms with van der Waals surface area (Å²) in [7, 11) is 3.29. The first-order chi connectivity index (χ1) is 21.7. The lowest BCUT2D eigenvalue weighted by Crippen LogP contribution is -2.47. The van der Waals surface area contributed by atoms with Crippen LogP contribution in [0.5, 0.6) is 5.75 Å². The number of ether oxygens (including phenoxy) is 1. The molecule has 0 saturated heterocycles. The molecule has 1 aliphatic heterocycles. The highest BCUT2D eigenvalue weighted by molar-refractivity contribution is 6.20. The largest absolute Gasteiger partial charge is 0.493 e. The van der Waals surface area contributed by atoms with Gasteiger partial charge in [-0.05, 0) is 81.3 Å². The van der Waals surface area contributed by atoms with E-state index in [0.29, 0.717) is 62.9 Å². The van der Waals surface area contributed by atoms with Crippen LogP contribution < -0.4 is 14.5 Å². The summed E-state index contributed by atoms with van der Waals surface area (Å²) >= 11 is 0. The number of hydrogen-bond donors (Lipinski definition) is 0. The van der Waals surface area contributed by atoms with Crippen molar-refractivity contribution >= 4 is 53.9 Å². The molecule has 48 heavy (non-hydrogen) atoms. The summed E-state index contributed by atoms with van der Waals surface area (Å²) < 4.78 is 44.9. The van der Waals surface area contributed by atoms with Gasteiger partial charge in [0, 0.05) is 70.8 Å². The van der Waals surface area contributed by atoms with Gasteiger partial charge in [0.2, 0.25) is 11.8 Å². The number of hydrogen-bond acceptors (Lipinski definition) is 6. The maximum Gasteiger partial charge on any atom is 0.416 e. The second-order valence-corrected chi connectivity index (χ2v) is 11.8. The van der Waals surface area contributed by atoms with E-state index in [0.717, 1.165) is 17.7 Å². The third kappa shape index (κ3) is 9.39. The molecule has 0 atom stereocenters. The zero-order chi connectivity index (χ0) is 33.6. The SMILES string of the molecule is CCN1C(=O)C(C)(C)C(=O)N(C)c2cc(OCCCN(CCN(C)C(=O)c3ccc(C(F)(F)F)cc3)Cc3ccncc3)ccc21.Cl.Cl. The van der Waals surface area contributed by atoms with Crippen molar-refractivity contribution in [3.63, 3.8) is 0 Å². The molecule has 2 heterocycles. The summed E-state index contributed by atoms with van der Waals surface area (Å²) in [5, 5.41) is 0. The second-order valence-electron chi connectivity index (χ2n) is 11.8. The van der Waals surface area contributed by atoms with Crippen molar-refractivity contribution in [1.29, 1.82) is 0 Å². The Bertz CT molecular complexity index is 1540.